The first-order valence-electron chi connectivity index (χ1n) is 9.95. The largest absolute Gasteiger partial charge is 0.491 e. The van der Waals surface area contributed by atoms with E-state index < -0.39 is 10.0 Å². The van der Waals surface area contributed by atoms with Crippen molar-refractivity contribution >= 4 is 15.9 Å². The molecule has 2 aromatic rings. The van der Waals surface area contributed by atoms with E-state index in [-0.39, 0.29) is 10.8 Å². The van der Waals surface area contributed by atoms with E-state index in [0.717, 1.165) is 24.2 Å². The molecule has 1 heterocycles. The van der Waals surface area contributed by atoms with Crippen molar-refractivity contribution in [2.24, 2.45) is 5.92 Å². The molecule has 0 spiro atoms. The molecular formula is C22H28N2O4S. The third-order valence-electron chi connectivity index (χ3n) is 5.24. The minimum Gasteiger partial charge on any atom is -0.491 e. The van der Waals surface area contributed by atoms with Crippen LogP contribution in [-0.4, -0.2) is 44.9 Å². The van der Waals surface area contributed by atoms with Gasteiger partial charge in [0.15, 0.2) is 0 Å². The topological polar surface area (TPSA) is 75.7 Å². The number of para-hydroxylation sites is 1. The number of hydrogen-bond donors (Lipinski definition) is 1. The Hall–Kier alpha value is -2.38. The molecule has 156 valence electrons. The molecule has 0 aliphatic carbocycles. The summed E-state index contributed by atoms with van der Waals surface area (Å²) >= 11 is 0. The molecular weight excluding hydrogens is 388 g/mol. The quantitative estimate of drug-likeness (QED) is 0.703. The molecule has 29 heavy (non-hydrogen) atoms. The number of benzene rings is 2. The second-order valence-electron chi connectivity index (χ2n) is 7.48. The zero-order valence-corrected chi connectivity index (χ0v) is 17.7. The highest BCUT2D eigenvalue weighted by atomic mass is 32.2. The van der Waals surface area contributed by atoms with Crippen molar-refractivity contribution < 1.29 is 17.9 Å². The summed E-state index contributed by atoms with van der Waals surface area (Å²) < 4.78 is 32.7. The van der Waals surface area contributed by atoms with Gasteiger partial charge in [0.05, 0.1) is 11.4 Å². The van der Waals surface area contributed by atoms with Gasteiger partial charge in [-0.25, -0.2) is 8.42 Å². The van der Waals surface area contributed by atoms with Gasteiger partial charge in [-0.3, -0.25) is 4.79 Å². The average molecular weight is 417 g/mol. The number of aryl methyl sites for hydroxylation is 1. The van der Waals surface area contributed by atoms with Gasteiger partial charge in [0.1, 0.15) is 12.4 Å². The van der Waals surface area contributed by atoms with Crippen molar-refractivity contribution in [3.8, 4) is 5.75 Å². The van der Waals surface area contributed by atoms with E-state index in [1.54, 1.807) is 12.1 Å². The molecule has 1 saturated heterocycles. The molecule has 0 atom stereocenters. The van der Waals surface area contributed by atoms with Crippen molar-refractivity contribution in [1.29, 1.82) is 0 Å². The maximum absolute atomic E-state index is 12.8. The fraction of sp³-hybridized carbons (Fsp3) is 0.409. The number of amides is 1. The maximum Gasteiger partial charge on any atom is 0.251 e. The van der Waals surface area contributed by atoms with E-state index in [1.165, 1.54) is 16.4 Å². The van der Waals surface area contributed by atoms with Crippen LogP contribution in [0.1, 0.15) is 35.7 Å². The van der Waals surface area contributed by atoms with Gasteiger partial charge in [-0.1, -0.05) is 25.1 Å². The Kier molecular flexibility index (Phi) is 6.92. The standard InChI is InChI=1S/C22H28N2O4S/c1-17-11-14-24(15-12-17)29(26,27)20-9-7-19(8-10-20)22(25)23-13-16-28-21-6-4-3-5-18(21)2/h3-10,17H,11-16H2,1-2H3,(H,23,25). The Balaban J connectivity index is 1.52. The van der Waals surface area contributed by atoms with E-state index in [0.29, 0.717) is 37.7 Å². The van der Waals surface area contributed by atoms with E-state index >= 15 is 0 Å². The third-order valence-corrected chi connectivity index (χ3v) is 7.15. The Morgan fingerprint density at radius 3 is 2.41 bits per heavy atom. The van der Waals surface area contributed by atoms with Gasteiger partial charge in [-0.05, 0) is 61.6 Å². The summed E-state index contributed by atoms with van der Waals surface area (Å²) in [7, 11) is -3.50. The fourth-order valence-corrected chi connectivity index (χ4v) is 4.77. The minimum atomic E-state index is -3.50. The molecule has 1 aliphatic rings. The molecule has 0 saturated carbocycles. The summed E-state index contributed by atoms with van der Waals surface area (Å²) in [5.41, 5.74) is 1.46. The summed E-state index contributed by atoms with van der Waals surface area (Å²) in [5, 5.41) is 2.79. The number of carbonyl (C=O) groups excluding carboxylic acids is 1. The average Bonchev–Trinajstić information content (AvgIpc) is 2.72. The van der Waals surface area contributed by atoms with Gasteiger partial charge in [-0.15, -0.1) is 0 Å². The molecule has 1 aliphatic heterocycles. The Morgan fingerprint density at radius 1 is 1.10 bits per heavy atom. The van der Waals surface area contributed by atoms with E-state index in [4.69, 9.17) is 4.74 Å². The van der Waals surface area contributed by atoms with Crippen LogP contribution in [0.3, 0.4) is 0 Å². The van der Waals surface area contributed by atoms with Crippen LogP contribution in [0.15, 0.2) is 53.4 Å². The number of rotatable bonds is 7. The molecule has 1 amide bonds. The molecule has 2 aromatic carbocycles. The molecule has 0 bridgehead atoms. The van der Waals surface area contributed by atoms with Gasteiger partial charge in [-0.2, -0.15) is 4.31 Å². The van der Waals surface area contributed by atoms with Gasteiger partial charge in [0.25, 0.3) is 5.91 Å². The summed E-state index contributed by atoms with van der Waals surface area (Å²) in [6, 6.07) is 13.8. The Bertz CT molecular complexity index is 934. The van der Waals surface area contributed by atoms with Crippen LogP contribution < -0.4 is 10.1 Å². The van der Waals surface area contributed by atoms with E-state index in [9.17, 15) is 13.2 Å². The summed E-state index contributed by atoms with van der Waals surface area (Å²) in [6.07, 6.45) is 1.76. The number of ether oxygens (including phenoxy) is 1. The fourth-order valence-electron chi connectivity index (χ4n) is 3.30. The molecule has 3 rings (SSSR count). The predicted molar refractivity (Wildman–Crippen MR) is 113 cm³/mol. The normalized spacial score (nSPS) is 15.8. The molecule has 7 heteroatoms. The van der Waals surface area contributed by atoms with Crippen LogP contribution in [0.5, 0.6) is 5.75 Å². The molecule has 1 fully saturated rings. The van der Waals surface area contributed by atoms with Gasteiger partial charge < -0.3 is 10.1 Å². The molecule has 0 unspecified atom stereocenters. The number of carbonyl (C=O) groups is 1. The van der Waals surface area contributed by atoms with Crippen LogP contribution >= 0.6 is 0 Å². The van der Waals surface area contributed by atoms with Crippen LogP contribution in [0, 0.1) is 12.8 Å². The molecule has 1 N–H and O–H groups in total. The Labute approximate surface area is 172 Å². The second-order valence-corrected chi connectivity index (χ2v) is 9.42. The predicted octanol–water partition coefficient (Wildman–Crippen LogP) is 3.22. The zero-order valence-electron chi connectivity index (χ0n) is 16.9. The summed E-state index contributed by atoms with van der Waals surface area (Å²) in [4.78, 5) is 12.5. The lowest BCUT2D eigenvalue weighted by Crippen LogP contribution is -2.37. The van der Waals surface area contributed by atoms with Gasteiger partial charge >= 0.3 is 0 Å². The lowest BCUT2D eigenvalue weighted by Gasteiger charge is -2.29. The number of nitrogens with one attached hydrogen (secondary N) is 1. The minimum absolute atomic E-state index is 0.228. The SMILES string of the molecule is Cc1ccccc1OCCNC(=O)c1ccc(S(=O)(=O)N2CCC(C)CC2)cc1. The first-order chi connectivity index (χ1) is 13.9. The van der Waals surface area contributed by atoms with E-state index in [1.807, 2.05) is 31.2 Å². The van der Waals surface area contributed by atoms with Crippen molar-refractivity contribution in [3.63, 3.8) is 0 Å². The smallest absolute Gasteiger partial charge is 0.251 e. The highest BCUT2D eigenvalue weighted by Crippen LogP contribution is 2.23. The number of nitrogens with zero attached hydrogens (tertiary/aromatic N) is 1. The highest BCUT2D eigenvalue weighted by molar-refractivity contribution is 7.89. The van der Waals surface area contributed by atoms with Gasteiger partial charge in [0, 0.05) is 18.7 Å². The molecule has 6 nitrogen and oxygen atoms in total. The maximum atomic E-state index is 12.8. The monoisotopic (exact) mass is 416 g/mol. The van der Waals surface area contributed by atoms with Crippen molar-refractivity contribution in [3.05, 3.63) is 59.7 Å². The third kappa shape index (κ3) is 5.36. The Morgan fingerprint density at radius 2 is 1.76 bits per heavy atom. The lowest BCUT2D eigenvalue weighted by molar-refractivity contribution is 0.0947. The zero-order chi connectivity index (χ0) is 20.9. The highest BCUT2D eigenvalue weighted by Gasteiger charge is 2.28. The number of piperidine rings is 1. The molecule has 0 aromatic heterocycles. The van der Waals surface area contributed by atoms with Crippen LogP contribution in [-0.2, 0) is 10.0 Å². The van der Waals surface area contributed by atoms with Crippen molar-refractivity contribution in [1.82, 2.24) is 9.62 Å². The summed E-state index contributed by atoms with van der Waals surface area (Å²) in [6.45, 7) is 5.92. The van der Waals surface area contributed by atoms with Crippen LogP contribution in [0.4, 0.5) is 0 Å². The number of sulfonamides is 1. The molecule has 0 radical (unpaired) electrons. The van der Waals surface area contributed by atoms with E-state index in [2.05, 4.69) is 12.2 Å². The van der Waals surface area contributed by atoms with Crippen molar-refractivity contribution in [2.75, 3.05) is 26.2 Å². The second kappa shape index (κ2) is 9.41. The van der Waals surface area contributed by atoms with Crippen molar-refractivity contribution in [2.45, 2.75) is 31.6 Å². The summed E-state index contributed by atoms with van der Waals surface area (Å²) in [5.74, 6) is 1.10. The van der Waals surface area contributed by atoms with Crippen LogP contribution in [0.25, 0.3) is 0 Å². The lowest BCUT2D eigenvalue weighted by atomic mass is 10.0. The van der Waals surface area contributed by atoms with Crippen LogP contribution in [0.2, 0.25) is 0 Å². The number of hydrogen-bond acceptors (Lipinski definition) is 4. The first kappa shape index (κ1) is 21.3. The first-order valence-corrected chi connectivity index (χ1v) is 11.4. The van der Waals surface area contributed by atoms with Gasteiger partial charge in [0.2, 0.25) is 10.0 Å².